The normalized spacial score (nSPS) is 11.8. The highest BCUT2D eigenvalue weighted by atomic mass is 35.5. The van der Waals surface area contributed by atoms with Crippen LogP contribution in [0.4, 0.5) is 0 Å². The summed E-state index contributed by atoms with van der Waals surface area (Å²) in [5.41, 5.74) is 0.0251. The number of imidazole rings is 1. The smallest absolute Gasteiger partial charge is 0.376 e. The van der Waals surface area contributed by atoms with Crippen LogP contribution >= 0.6 is 11.6 Å². The molecule has 0 unspecified atom stereocenters. The van der Waals surface area contributed by atoms with E-state index in [2.05, 4.69) is 15.0 Å². The minimum Gasteiger partial charge on any atom is -0.454 e. The highest BCUT2D eigenvalue weighted by Gasteiger charge is 2.24. The van der Waals surface area contributed by atoms with Gasteiger partial charge in [0.15, 0.2) is 5.65 Å². The summed E-state index contributed by atoms with van der Waals surface area (Å²) in [7, 11) is 0. The van der Waals surface area contributed by atoms with E-state index in [0.717, 1.165) is 4.68 Å². The first-order valence-electron chi connectivity index (χ1n) is 5.17. The lowest BCUT2D eigenvalue weighted by Crippen LogP contribution is -2.27. The van der Waals surface area contributed by atoms with Gasteiger partial charge in [0.2, 0.25) is 11.1 Å². The molecule has 0 spiro atoms. The summed E-state index contributed by atoms with van der Waals surface area (Å²) >= 11 is 5.65. The quantitative estimate of drug-likeness (QED) is 0.474. The van der Waals surface area contributed by atoms with E-state index in [9.17, 15) is 4.79 Å². The second-order valence-electron chi connectivity index (χ2n) is 4.66. The van der Waals surface area contributed by atoms with Crippen molar-refractivity contribution in [1.82, 2.24) is 19.6 Å². The maximum Gasteiger partial charge on any atom is 0.376 e. The summed E-state index contributed by atoms with van der Waals surface area (Å²) in [5, 5.41) is 0.0323. The van der Waals surface area contributed by atoms with Crippen LogP contribution in [0.15, 0.2) is 6.20 Å². The maximum atomic E-state index is 11.9. The van der Waals surface area contributed by atoms with Gasteiger partial charge in [0.05, 0.1) is 6.20 Å². The summed E-state index contributed by atoms with van der Waals surface area (Å²) in [6.07, 6.45) is 1.39. The van der Waals surface area contributed by atoms with Gasteiger partial charge < -0.3 is 10.6 Å². The molecule has 7 nitrogen and oxygen atoms in total. The average molecular weight is 270 g/mol. The largest absolute Gasteiger partial charge is 0.454 e. The molecule has 2 aromatic heterocycles. The highest BCUT2D eigenvalue weighted by molar-refractivity contribution is 6.28. The van der Waals surface area contributed by atoms with Crippen LogP contribution in [0, 0.1) is 0 Å². The van der Waals surface area contributed by atoms with Crippen molar-refractivity contribution in [2.75, 3.05) is 5.84 Å². The number of ether oxygens (including phenoxy) is 1. The topological polar surface area (TPSA) is 95.9 Å². The Morgan fingerprint density at radius 1 is 1.44 bits per heavy atom. The van der Waals surface area contributed by atoms with Gasteiger partial charge >= 0.3 is 5.97 Å². The first kappa shape index (κ1) is 12.6. The molecule has 2 heterocycles. The van der Waals surface area contributed by atoms with Gasteiger partial charge in [0.1, 0.15) is 11.1 Å². The third-order valence-corrected chi connectivity index (χ3v) is 2.17. The number of fused-ring (bicyclic) bond motifs is 1. The lowest BCUT2D eigenvalue weighted by Gasteiger charge is -2.18. The number of hydrogen-bond acceptors (Lipinski definition) is 6. The zero-order chi connectivity index (χ0) is 13.5. The molecule has 0 fully saturated rings. The number of carbonyl (C=O) groups excluding carboxylic acids is 1. The van der Waals surface area contributed by atoms with E-state index < -0.39 is 11.6 Å². The van der Waals surface area contributed by atoms with Crippen LogP contribution in [0.3, 0.4) is 0 Å². The summed E-state index contributed by atoms with van der Waals surface area (Å²) in [5.74, 6) is 5.06. The van der Waals surface area contributed by atoms with E-state index in [1.54, 1.807) is 20.8 Å². The molecule has 0 aliphatic rings. The molecule has 0 atom stereocenters. The van der Waals surface area contributed by atoms with Gasteiger partial charge in [-0.2, -0.15) is 4.98 Å². The molecule has 0 saturated carbocycles. The van der Waals surface area contributed by atoms with E-state index in [4.69, 9.17) is 22.2 Å². The second-order valence-corrected chi connectivity index (χ2v) is 4.99. The van der Waals surface area contributed by atoms with Crippen molar-refractivity contribution < 1.29 is 9.53 Å². The van der Waals surface area contributed by atoms with Crippen LogP contribution in [0.2, 0.25) is 5.28 Å². The Kier molecular flexibility index (Phi) is 2.86. The maximum absolute atomic E-state index is 11.9. The first-order valence-corrected chi connectivity index (χ1v) is 5.55. The minimum absolute atomic E-state index is 0.0323. The van der Waals surface area contributed by atoms with Crippen molar-refractivity contribution in [2.24, 2.45) is 0 Å². The molecule has 8 heteroatoms. The summed E-state index contributed by atoms with van der Waals surface area (Å²) in [6, 6.07) is 0. The molecule has 2 N–H and O–H groups in total. The van der Waals surface area contributed by atoms with Crippen molar-refractivity contribution in [3.8, 4) is 0 Å². The number of hydrogen-bond donors (Lipinski definition) is 1. The number of nitrogen functional groups attached to an aromatic ring is 1. The molecule has 0 amide bonds. The molecule has 2 rings (SSSR count). The predicted molar refractivity (Wildman–Crippen MR) is 65.7 cm³/mol. The molecule has 0 saturated heterocycles. The lowest BCUT2D eigenvalue weighted by atomic mass is 10.2. The highest BCUT2D eigenvalue weighted by Crippen LogP contribution is 2.15. The lowest BCUT2D eigenvalue weighted by molar-refractivity contribution is 0.00533. The molecule has 2 aromatic rings. The minimum atomic E-state index is -0.626. The fourth-order valence-corrected chi connectivity index (χ4v) is 1.47. The summed E-state index contributed by atoms with van der Waals surface area (Å²) < 4.78 is 6.22. The number of esters is 1. The summed E-state index contributed by atoms with van der Waals surface area (Å²) in [4.78, 5) is 23.5. The average Bonchev–Trinajstić information content (AvgIpc) is 2.54. The van der Waals surface area contributed by atoms with Crippen molar-refractivity contribution in [1.29, 1.82) is 0 Å². The number of nitrogens with two attached hydrogens (primary N) is 1. The number of aromatic nitrogens is 4. The first-order chi connectivity index (χ1) is 8.28. The Morgan fingerprint density at radius 3 is 2.72 bits per heavy atom. The van der Waals surface area contributed by atoms with Gasteiger partial charge in [-0.1, -0.05) is 0 Å². The SMILES string of the molecule is CC(C)(C)OC(=O)c1nc2cnc(Cl)nc2n1N. The molecule has 0 aromatic carbocycles. The Labute approximate surface area is 108 Å². The monoisotopic (exact) mass is 269 g/mol. The number of carbonyl (C=O) groups is 1. The Morgan fingerprint density at radius 2 is 2.11 bits per heavy atom. The number of nitrogens with zero attached hydrogens (tertiary/aromatic N) is 4. The molecule has 96 valence electrons. The molecule has 0 radical (unpaired) electrons. The molecule has 0 bridgehead atoms. The Balaban J connectivity index is 2.46. The fourth-order valence-electron chi connectivity index (χ4n) is 1.34. The van der Waals surface area contributed by atoms with Gasteiger partial charge in [-0.25, -0.2) is 19.4 Å². The number of rotatable bonds is 1. The Bertz CT molecular complexity index is 616. The van der Waals surface area contributed by atoms with E-state index >= 15 is 0 Å². The van der Waals surface area contributed by atoms with Gasteiger partial charge in [-0.15, -0.1) is 0 Å². The third kappa shape index (κ3) is 2.35. The van der Waals surface area contributed by atoms with Crippen molar-refractivity contribution in [2.45, 2.75) is 26.4 Å². The van der Waals surface area contributed by atoms with Gasteiger partial charge in [0.25, 0.3) is 0 Å². The van der Waals surface area contributed by atoms with Gasteiger partial charge in [0, 0.05) is 0 Å². The molecule has 0 aliphatic heterocycles. The zero-order valence-corrected chi connectivity index (χ0v) is 10.9. The van der Waals surface area contributed by atoms with Crippen molar-refractivity contribution in [3.63, 3.8) is 0 Å². The molecular formula is C10H12ClN5O2. The predicted octanol–water partition coefficient (Wildman–Crippen LogP) is 1.15. The van der Waals surface area contributed by atoms with Crippen LogP contribution in [-0.2, 0) is 4.74 Å². The van der Waals surface area contributed by atoms with Crippen molar-refractivity contribution in [3.05, 3.63) is 17.3 Å². The van der Waals surface area contributed by atoms with Gasteiger partial charge in [-0.05, 0) is 32.4 Å². The van der Waals surface area contributed by atoms with Crippen LogP contribution in [-0.4, -0.2) is 31.2 Å². The number of halogens is 1. The Hall–Kier alpha value is -1.89. The second kappa shape index (κ2) is 4.09. The van der Waals surface area contributed by atoms with E-state index in [1.807, 2.05) is 0 Å². The molecule has 0 aliphatic carbocycles. The van der Waals surface area contributed by atoms with E-state index in [0.29, 0.717) is 5.52 Å². The van der Waals surface area contributed by atoms with Gasteiger partial charge in [-0.3, -0.25) is 0 Å². The van der Waals surface area contributed by atoms with Crippen LogP contribution in [0.25, 0.3) is 11.2 Å². The van der Waals surface area contributed by atoms with E-state index in [-0.39, 0.29) is 16.8 Å². The summed E-state index contributed by atoms with van der Waals surface area (Å²) in [6.45, 7) is 5.27. The van der Waals surface area contributed by atoms with E-state index in [1.165, 1.54) is 6.20 Å². The fraction of sp³-hybridized carbons (Fsp3) is 0.400. The zero-order valence-electron chi connectivity index (χ0n) is 10.1. The van der Waals surface area contributed by atoms with Crippen molar-refractivity contribution >= 4 is 28.7 Å². The third-order valence-electron chi connectivity index (χ3n) is 1.98. The van der Waals surface area contributed by atoms with Crippen LogP contribution < -0.4 is 5.84 Å². The molecule has 18 heavy (non-hydrogen) atoms. The van der Waals surface area contributed by atoms with Crippen LogP contribution in [0.1, 0.15) is 31.4 Å². The standard InChI is InChI=1S/C10H12ClN5O2/c1-10(2,3)18-8(17)7-14-5-4-13-9(11)15-6(5)16(7)12/h4H,12H2,1-3H3. The molecular weight excluding hydrogens is 258 g/mol. The van der Waals surface area contributed by atoms with Crippen LogP contribution in [0.5, 0.6) is 0 Å².